The Bertz CT molecular complexity index is 606. The molecule has 0 saturated carbocycles. The van der Waals surface area contributed by atoms with Gasteiger partial charge in [-0.2, -0.15) is 0 Å². The van der Waals surface area contributed by atoms with Gasteiger partial charge in [0, 0.05) is 12.0 Å². The Morgan fingerprint density at radius 1 is 1.47 bits per heavy atom. The minimum Gasteiger partial charge on any atom is -0.493 e. The van der Waals surface area contributed by atoms with Crippen LogP contribution in [0.5, 0.6) is 5.75 Å². The van der Waals surface area contributed by atoms with Crippen LogP contribution in [0.25, 0.3) is 0 Å². The number of para-hydroxylation sites is 1. The molecule has 1 aromatic heterocycles. The second-order valence-corrected chi connectivity index (χ2v) is 4.37. The lowest BCUT2D eigenvalue weighted by atomic mass is 10.0. The lowest BCUT2D eigenvalue weighted by Gasteiger charge is -2.27. The zero-order chi connectivity index (χ0) is 13.2. The number of esters is 1. The van der Waals surface area contributed by atoms with Crippen molar-refractivity contribution in [1.29, 1.82) is 0 Å². The van der Waals surface area contributed by atoms with Gasteiger partial charge in [0.2, 0.25) is 0 Å². The van der Waals surface area contributed by atoms with Gasteiger partial charge in [0.1, 0.15) is 11.4 Å². The molecule has 0 bridgehead atoms. The van der Waals surface area contributed by atoms with Crippen molar-refractivity contribution in [2.24, 2.45) is 0 Å². The number of hydrogen-bond donors (Lipinski definition) is 0. The average Bonchev–Trinajstić information content (AvgIpc) is 2.95. The lowest BCUT2D eigenvalue weighted by Crippen LogP contribution is -2.22. The Labute approximate surface area is 110 Å². The van der Waals surface area contributed by atoms with Crippen LogP contribution in [0, 0.1) is 0 Å². The number of hydrogen-bond acceptors (Lipinski definition) is 4. The molecule has 1 unspecified atom stereocenters. The van der Waals surface area contributed by atoms with Gasteiger partial charge in [-0.15, -0.1) is 0 Å². The first-order chi connectivity index (χ1) is 9.31. The summed E-state index contributed by atoms with van der Waals surface area (Å²) in [5, 5.41) is 0. The summed E-state index contributed by atoms with van der Waals surface area (Å²) in [5.74, 6) is 0.490. The summed E-state index contributed by atoms with van der Waals surface area (Å²) in [4.78, 5) is 15.8. The van der Waals surface area contributed by atoms with Gasteiger partial charge in [0.25, 0.3) is 0 Å². The number of benzene rings is 1. The Kier molecular flexibility index (Phi) is 2.95. The topological polar surface area (TPSA) is 53.3 Å². The van der Waals surface area contributed by atoms with Crippen LogP contribution in [-0.4, -0.2) is 29.2 Å². The highest BCUT2D eigenvalue weighted by atomic mass is 16.5. The molecule has 0 spiro atoms. The van der Waals surface area contributed by atoms with E-state index in [1.807, 2.05) is 28.8 Å². The average molecular weight is 258 g/mol. The molecule has 19 heavy (non-hydrogen) atoms. The van der Waals surface area contributed by atoms with Crippen molar-refractivity contribution in [2.45, 2.75) is 12.5 Å². The van der Waals surface area contributed by atoms with Crippen molar-refractivity contribution in [3.8, 4) is 5.75 Å². The Hall–Kier alpha value is -2.30. The van der Waals surface area contributed by atoms with Crippen LogP contribution in [-0.2, 0) is 4.74 Å². The molecular weight excluding hydrogens is 244 g/mol. The molecule has 0 fully saturated rings. The van der Waals surface area contributed by atoms with E-state index in [1.54, 1.807) is 6.33 Å². The number of carbonyl (C=O) groups excluding carboxylic acids is 1. The monoisotopic (exact) mass is 258 g/mol. The van der Waals surface area contributed by atoms with E-state index in [-0.39, 0.29) is 12.0 Å². The number of carbonyl (C=O) groups is 1. The maximum atomic E-state index is 11.7. The minimum absolute atomic E-state index is 0.0570. The van der Waals surface area contributed by atoms with E-state index < -0.39 is 0 Å². The molecule has 0 radical (unpaired) electrons. The molecular formula is C14H14N2O3. The van der Waals surface area contributed by atoms with Crippen molar-refractivity contribution >= 4 is 5.97 Å². The van der Waals surface area contributed by atoms with Crippen molar-refractivity contribution in [3.63, 3.8) is 0 Å². The van der Waals surface area contributed by atoms with E-state index >= 15 is 0 Å². The zero-order valence-corrected chi connectivity index (χ0v) is 10.6. The number of rotatable bonds is 2. The fourth-order valence-corrected chi connectivity index (χ4v) is 2.43. The van der Waals surface area contributed by atoms with Crippen molar-refractivity contribution in [2.75, 3.05) is 13.7 Å². The van der Waals surface area contributed by atoms with Gasteiger partial charge in [-0.1, -0.05) is 18.2 Å². The van der Waals surface area contributed by atoms with Gasteiger partial charge in [-0.05, 0) is 6.07 Å². The smallest absolute Gasteiger partial charge is 0.356 e. The van der Waals surface area contributed by atoms with Gasteiger partial charge < -0.3 is 14.0 Å². The second kappa shape index (κ2) is 4.76. The third-order valence-electron chi connectivity index (χ3n) is 3.32. The fourth-order valence-electron chi connectivity index (χ4n) is 2.43. The molecule has 5 heteroatoms. The fraction of sp³-hybridized carbons (Fsp3) is 0.286. The number of methoxy groups -OCH3 is 1. The van der Waals surface area contributed by atoms with E-state index in [4.69, 9.17) is 9.47 Å². The Morgan fingerprint density at radius 3 is 3.16 bits per heavy atom. The van der Waals surface area contributed by atoms with Gasteiger partial charge >= 0.3 is 5.97 Å². The minimum atomic E-state index is -0.374. The molecule has 0 aliphatic carbocycles. The molecule has 0 N–H and O–H groups in total. The molecule has 98 valence electrons. The third-order valence-corrected chi connectivity index (χ3v) is 3.32. The van der Waals surface area contributed by atoms with Crippen molar-refractivity contribution in [1.82, 2.24) is 9.55 Å². The molecule has 1 aliphatic heterocycles. The van der Waals surface area contributed by atoms with Gasteiger partial charge in [0.15, 0.2) is 0 Å². The van der Waals surface area contributed by atoms with Gasteiger partial charge in [-0.25, -0.2) is 9.78 Å². The highest BCUT2D eigenvalue weighted by molar-refractivity contribution is 5.87. The van der Waals surface area contributed by atoms with Crippen LogP contribution in [0.3, 0.4) is 0 Å². The molecule has 0 amide bonds. The molecule has 1 atom stereocenters. The maximum absolute atomic E-state index is 11.7. The van der Waals surface area contributed by atoms with Crippen LogP contribution in [0.1, 0.15) is 28.5 Å². The van der Waals surface area contributed by atoms with E-state index in [2.05, 4.69) is 4.98 Å². The summed E-state index contributed by atoms with van der Waals surface area (Å²) in [6, 6.07) is 7.92. The first-order valence-corrected chi connectivity index (χ1v) is 6.13. The number of imidazole rings is 1. The van der Waals surface area contributed by atoms with E-state index in [0.717, 1.165) is 17.7 Å². The van der Waals surface area contributed by atoms with Crippen molar-refractivity contribution < 1.29 is 14.3 Å². The van der Waals surface area contributed by atoms with E-state index in [9.17, 15) is 4.79 Å². The normalized spacial score (nSPS) is 17.4. The standard InChI is InChI=1S/C14H14N2O3/c1-18-14(17)12-8-15-9-16(12)11-6-7-19-13-5-3-2-4-10(11)13/h2-5,8-9,11H,6-7H2,1H3. The predicted octanol–water partition coefficient (Wildman–Crippen LogP) is 2.04. The molecule has 1 aromatic carbocycles. The lowest BCUT2D eigenvalue weighted by molar-refractivity contribution is 0.0585. The number of aromatic nitrogens is 2. The summed E-state index contributed by atoms with van der Waals surface area (Å²) < 4.78 is 12.3. The summed E-state index contributed by atoms with van der Waals surface area (Å²) in [6.07, 6.45) is 4.00. The highest BCUT2D eigenvalue weighted by Crippen LogP contribution is 2.35. The zero-order valence-electron chi connectivity index (χ0n) is 10.6. The maximum Gasteiger partial charge on any atom is 0.356 e. The SMILES string of the molecule is COC(=O)c1cncn1C1CCOc2ccccc21. The molecule has 3 rings (SSSR count). The first-order valence-electron chi connectivity index (χ1n) is 6.13. The molecule has 2 heterocycles. The van der Waals surface area contributed by atoms with Crippen LogP contribution in [0.4, 0.5) is 0 Å². The van der Waals surface area contributed by atoms with Crippen LogP contribution in [0.2, 0.25) is 0 Å². The van der Waals surface area contributed by atoms with Crippen LogP contribution >= 0.6 is 0 Å². The van der Waals surface area contributed by atoms with Crippen LogP contribution in [0.15, 0.2) is 36.8 Å². The number of ether oxygens (including phenoxy) is 2. The van der Waals surface area contributed by atoms with Crippen LogP contribution < -0.4 is 4.74 Å². The number of nitrogens with zero attached hydrogens (tertiary/aromatic N) is 2. The molecule has 2 aromatic rings. The number of fused-ring (bicyclic) bond motifs is 1. The summed E-state index contributed by atoms with van der Waals surface area (Å²) in [7, 11) is 1.37. The van der Waals surface area contributed by atoms with E-state index in [1.165, 1.54) is 13.3 Å². The molecule has 5 nitrogen and oxygen atoms in total. The largest absolute Gasteiger partial charge is 0.493 e. The molecule has 1 aliphatic rings. The van der Waals surface area contributed by atoms with E-state index in [0.29, 0.717) is 12.3 Å². The van der Waals surface area contributed by atoms with Gasteiger partial charge in [0.05, 0.1) is 32.3 Å². The quantitative estimate of drug-likeness (QED) is 0.773. The Morgan fingerprint density at radius 2 is 2.32 bits per heavy atom. The third kappa shape index (κ3) is 1.97. The van der Waals surface area contributed by atoms with Gasteiger partial charge in [-0.3, -0.25) is 0 Å². The summed E-state index contributed by atoms with van der Waals surface area (Å²) in [5.41, 5.74) is 1.53. The molecule has 0 saturated heterocycles. The Balaban J connectivity index is 2.05. The summed E-state index contributed by atoms with van der Waals surface area (Å²) in [6.45, 7) is 0.625. The second-order valence-electron chi connectivity index (χ2n) is 4.37. The first kappa shape index (κ1) is 11.8. The predicted molar refractivity (Wildman–Crippen MR) is 68.3 cm³/mol. The van der Waals surface area contributed by atoms with Crippen molar-refractivity contribution in [3.05, 3.63) is 48.0 Å². The summed E-state index contributed by atoms with van der Waals surface area (Å²) >= 11 is 0. The highest BCUT2D eigenvalue weighted by Gasteiger charge is 2.26.